The number of carbonyl (C=O) groups excluding carboxylic acids is 1. The lowest BCUT2D eigenvalue weighted by Gasteiger charge is -2.13. The first-order valence-electron chi connectivity index (χ1n) is 8.74. The zero-order valence-corrected chi connectivity index (χ0v) is 15.4. The number of nitrogens with two attached hydrogens (primary N) is 1. The summed E-state index contributed by atoms with van der Waals surface area (Å²) in [6.45, 7) is 0. The van der Waals surface area contributed by atoms with E-state index in [1.165, 1.54) is 34.9 Å². The average Bonchev–Trinajstić information content (AvgIpc) is 2.98. The molecule has 0 aliphatic rings. The number of ketones is 1. The molecule has 0 bridgehead atoms. The van der Waals surface area contributed by atoms with Crippen molar-refractivity contribution in [2.45, 2.75) is 0 Å². The molecule has 2 N–H and O–H groups in total. The number of fused-ring (bicyclic) bond motifs is 3. The van der Waals surface area contributed by atoms with Crippen LogP contribution in [-0.4, -0.2) is 14.9 Å². The summed E-state index contributed by atoms with van der Waals surface area (Å²) >= 11 is 0. The molecule has 0 spiro atoms. The van der Waals surface area contributed by atoms with Gasteiger partial charge in [-0.3, -0.25) is 14.2 Å². The predicted molar refractivity (Wildman–Crippen MR) is 109 cm³/mol. The molecule has 140 valence electrons. The molecule has 0 unspecified atom stereocenters. The SMILES string of the molecule is Cn1c(=O)c(-c2ccc(F)cc2)c(C(=O)C=CN)c2c3ccccc3n(C)c21. The molecule has 4 aromatic rings. The molecule has 2 aromatic heterocycles. The molecule has 28 heavy (non-hydrogen) atoms. The highest BCUT2D eigenvalue weighted by molar-refractivity contribution is 6.23. The van der Waals surface area contributed by atoms with Crippen molar-refractivity contribution in [1.82, 2.24) is 9.13 Å². The zero-order valence-electron chi connectivity index (χ0n) is 15.4. The first-order valence-corrected chi connectivity index (χ1v) is 8.74. The maximum atomic E-state index is 13.4. The van der Waals surface area contributed by atoms with E-state index in [4.69, 9.17) is 5.73 Å². The third kappa shape index (κ3) is 2.45. The Balaban J connectivity index is 2.30. The molecular formula is C22H18FN3O2. The number of benzene rings is 2. The summed E-state index contributed by atoms with van der Waals surface area (Å²) in [5, 5.41) is 1.52. The van der Waals surface area contributed by atoms with Gasteiger partial charge >= 0.3 is 0 Å². The Morgan fingerprint density at radius 2 is 1.71 bits per heavy atom. The molecule has 0 saturated carbocycles. The fourth-order valence-corrected chi connectivity index (χ4v) is 3.82. The van der Waals surface area contributed by atoms with E-state index in [0.717, 1.165) is 17.1 Å². The van der Waals surface area contributed by atoms with E-state index in [1.54, 1.807) is 7.05 Å². The Labute approximate surface area is 160 Å². The van der Waals surface area contributed by atoms with E-state index < -0.39 is 5.82 Å². The normalized spacial score (nSPS) is 11.7. The van der Waals surface area contributed by atoms with Crippen LogP contribution in [0.2, 0.25) is 0 Å². The van der Waals surface area contributed by atoms with Gasteiger partial charge in [-0.2, -0.15) is 0 Å². The second kappa shape index (κ2) is 6.49. The summed E-state index contributed by atoms with van der Waals surface area (Å²) in [6.07, 6.45) is 2.40. The number of allylic oxidation sites excluding steroid dienone is 1. The average molecular weight is 375 g/mol. The van der Waals surface area contributed by atoms with Crippen molar-refractivity contribution in [3.8, 4) is 11.1 Å². The zero-order chi connectivity index (χ0) is 20.0. The fourth-order valence-electron chi connectivity index (χ4n) is 3.82. The lowest BCUT2D eigenvalue weighted by atomic mass is 9.94. The summed E-state index contributed by atoms with van der Waals surface area (Å²) < 4.78 is 16.9. The lowest BCUT2D eigenvalue weighted by Crippen LogP contribution is -2.23. The summed E-state index contributed by atoms with van der Waals surface area (Å²) in [5.41, 5.74) is 7.63. The van der Waals surface area contributed by atoms with Crippen LogP contribution in [0.3, 0.4) is 0 Å². The molecule has 6 heteroatoms. The molecular weight excluding hydrogens is 357 g/mol. The molecule has 0 atom stereocenters. The minimum atomic E-state index is -0.415. The van der Waals surface area contributed by atoms with Gasteiger partial charge in [0.15, 0.2) is 5.78 Å². The molecule has 0 amide bonds. The monoisotopic (exact) mass is 375 g/mol. The maximum absolute atomic E-state index is 13.4. The van der Waals surface area contributed by atoms with Gasteiger partial charge in [0.2, 0.25) is 0 Å². The number of halogens is 1. The number of carbonyl (C=O) groups is 1. The van der Waals surface area contributed by atoms with Gasteiger partial charge in [0.1, 0.15) is 11.5 Å². The van der Waals surface area contributed by atoms with Crippen molar-refractivity contribution in [3.63, 3.8) is 0 Å². The van der Waals surface area contributed by atoms with E-state index in [9.17, 15) is 14.0 Å². The summed E-state index contributed by atoms with van der Waals surface area (Å²) in [7, 11) is 3.53. The maximum Gasteiger partial charge on any atom is 0.260 e. The van der Waals surface area contributed by atoms with Crippen molar-refractivity contribution >= 4 is 27.7 Å². The highest BCUT2D eigenvalue weighted by atomic mass is 19.1. The molecule has 5 nitrogen and oxygen atoms in total. The van der Waals surface area contributed by atoms with E-state index in [0.29, 0.717) is 16.6 Å². The van der Waals surface area contributed by atoms with Crippen LogP contribution in [0, 0.1) is 5.82 Å². The van der Waals surface area contributed by atoms with E-state index in [-0.39, 0.29) is 22.5 Å². The van der Waals surface area contributed by atoms with Gasteiger partial charge in [0, 0.05) is 36.5 Å². The van der Waals surface area contributed by atoms with Gasteiger partial charge in [-0.25, -0.2) is 4.39 Å². The number of para-hydroxylation sites is 1. The predicted octanol–water partition coefficient (Wildman–Crippen LogP) is 3.49. The molecule has 0 radical (unpaired) electrons. The van der Waals surface area contributed by atoms with Crippen LogP contribution in [0.4, 0.5) is 4.39 Å². The standard InChI is InChI=1S/C22H18FN3O2/c1-25-16-6-4-3-5-15(16)19-20(17(27)11-12-24)18(22(28)26(2)21(19)25)13-7-9-14(23)10-8-13/h3-12H,24H2,1-2H3. The smallest absolute Gasteiger partial charge is 0.260 e. The number of rotatable bonds is 3. The van der Waals surface area contributed by atoms with Crippen molar-refractivity contribution in [2.24, 2.45) is 19.8 Å². The summed E-state index contributed by atoms with van der Waals surface area (Å²) in [5.74, 6) is -0.789. The molecule has 0 fully saturated rings. The summed E-state index contributed by atoms with van der Waals surface area (Å²) in [4.78, 5) is 26.3. The fraction of sp³-hybridized carbons (Fsp3) is 0.0909. The Bertz CT molecular complexity index is 1330. The highest BCUT2D eigenvalue weighted by Gasteiger charge is 2.25. The van der Waals surface area contributed by atoms with Gasteiger partial charge in [-0.15, -0.1) is 0 Å². The Kier molecular flexibility index (Phi) is 4.11. The van der Waals surface area contributed by atoms with E-state index in [2.05, 4.69) is 0 Å². The topological polar surface area (TPSA) is 70.0 Å². The van der Waals surface area contributed by atoms with Crippen LogP contribution in [0.5, 0.6) is 0 Å². The van der Waals surface area contributed by atoms with Crippen molar-refractivity contribution in [1.29, 1.82) is 0 Å². The van der Waals surface area contributed by atoms with Gasteiger partial charge in [0.05, 0.1) is 11.1 Å². The van der Waals surface area contributed by atoms with Crippen molar-refractivity contribution < 1.29 is 9.18 Å². The van der Waals surface area contributed by atoms with Crippen LogP contribution >= 0.6 is 0 Å². The molecule has 0 saturated heterocycles. The first-order chi connectivity index (χ1) is 13.5. The van der Waals surface area contributed by atoms with Crippen LogP contribution in [0.25, 0.3) is 33.1 Å². The number of aryl methyl sites for hydroxylation is 2. The van der Waals surface area contributed by atoms with Crippen molar-refractivity contribution in [3.05, 3.63) is 82.5 Å². The second-order valence-corrected chi connectivity index (χ2v) is 6.62. The number of hydrogen-bond acceptors (Lipinski definition) is 3. The van der Waals surface area contributed by atoms with Gasteiger partial charge < -0.3 is 10.3 Å². The minimum absolute atomic E-state index is 0.231. The van der Waals surface area contributed by atoms with Crippen molar-refractivity contribution in [2.75, 3.05) is 0 Å². The summed E-state index contributed by atoms with van der Waals surface area (Å²) in [6, 6.07) is 13.2. The number of hydrogen-bond donors (Lipinski definition) is 1. The Hall–Kier alpha value is -3.67. The molecule has 0 aliphatic heterocycles. The highest BCUT2D eigenvalue weighted by Crippen LogP contribution is 2.34. The van der Waals surface area contributed by atoms with Crippen LogP contribution < -0.4 is 11.3 Å². The minimum Gasteiger partial charge on any atom is -0.404 e. The van der Waals surface area contributed by atoms with Gasteiger partial charge in [0.25, 0.3) is 5.56 Å². The number of pyridine rings is 1. The molecule has 0 aliphatic carbocycles. The quantitative estimate of drug-likeness (QED) is 0.440. The van der Waals surface area contributed by atoms with Gasteiger partial charge in [-0.05, 0) is 30.0 Å². The third-order valence-electron chi connectivity index (χ3n) is 5.04. The molecule has 2 aromatic carbocycles. The Morgan fingerprint density at radius 3 is 2.39 bits per heavy atom. The van der Waals surface area contributed by atoms with Crippen LogP contribution in [0.15, 0.2) is 65.6 Å². The van der Waals surface area contributed by atoms with Crippen LogP contribution in [0.1, 0.15) is 10.4 Å². The van der Waals surface area contributed by atoms with Crippen LogP contribution in [-0.2, 0) is 14.1 Å². The number of aromatic nitrogens is 2. The lowest BCUT2D eigenvalue weighted by molar-refractivity contribution is 0.104. The van der Waals surface area contributed by atoms with Gasteiger partial charge in [-0.1, -0.05) is 30.3 Å². The van der Waals surface area contributed by atoms with E-state index >= 15 is 0 Å². The molecule has 2 heterocycles. The third-order valence-corrected chi connectivity index (χ3v) is 5.04. The molecule has 4 rings (SSSR count). The number of nitrogens with zero attached hydrogens (tertiary/aromatic N) is 2. The second-order valence-electron chi connectivity index (χ2n) is 6.62. The van der Waals surface area contributed by atoms with E-state index in [1.807, 2.05) is 35.9 Å². The first kappa shape index (κ1) is 17.7. The largest absolute Gasteiger partial charge is 0.404 e. The Morgan fingerprint density at radius 1 is 1.04 bits per heavy atom.